The average molecular weight is 208 g/mol. The minimum absolute atomic E-state index is 0.108. The van der Waals surface area contributed by atoms with Crippen LogP contribution in [0.5, 0.6) is 0 Å². The molecule has 5 nitrogen and oxygen atoms in total. The number of nitrogens with zero attached hydrogens (tertiary/aromatic N) is 3. The molecule has 1 aliphatic heterocycles. The Balaban J connectivity index is 2.13. The van der Waals surface area contributed by atoms with E-state index in [0.717, 1.165) is 12.4 Å². The molecule has 1 aromatic rings. The molecule has 0 amide bonds. The van der Waals surface area contributed by atoms with Crippen LogP contribution in [0.4, 0.5) is 5.82 Å². The summed E-state index contributed by atoms with van der Waals surface area (Å²) < 4.78 is 5.58. The Morgan fingerprint density at radius 3 is 3.20 bits per heavy atom. The summed E-state index contributed by atoms with van der Waals surface area (Å²) in [4.78, 5) is 10.4. The van der Waals surface area contributed by atoms with Gasteiger partial charge in [-0.25, -0.2) is 9.97 Å². The van der Waals surface area contributed by atoms with Crippen molar-refractivity contribution in [3.63, 3.8) is 0 Å². The van der Waals surface area contributed by atoms with Crippen molar-refractivity contribution in [2.45, 2.75) is 19.1 Å². The summed E-state index contributed by atoms with van der Waals surface area (Å²) in [7, 11) is 0. The van der Waals surface area contributed by atoms with E-state index in [1.54, 1.807) is 12.5 Å². The molecule has 0 spiro atoms. The molecule has 2 heterocycles. The fraction of sp³-hybridized carbons (Fsp3) is 0.600. The van der Waals surface area contributed by atoms with Gasteiger partial charge in [-0.2, -0.15) is 0 Å². The summed E-state index contributed by atoms with van der Waals surface area (Å²) >= 11 is 0. The third-order valence-electron chi connectivity index (χ3n) is 2.63. The van der Waals surface area contributed by atoms with Crippen LogP contribution in [-0.4, -0.2) is 41.8 Å². The zero-order valence-electron chi connectivity index (χ0n) is 8.84. The van der Waals surface area contributed by atoms with Crippen LogP contribution in [0.1, 0.15) is 6.92 Å². The van der Waals surface area contributed by atoms with E-state index in [-0.39, 0.29) is 6.10 Å². The van der Waals surface area contributed by atoms with Crippen molar-refractivity contribution >= 4 is 5.82 Å². The Morgan fingerprint density at radius 1 is 1.67 bits per heavy atom. The topological polar surface area (TPSA) is 64.3 Å². The molecule has 1 aromatic heterocycles. The van der Waals surface area contributed by atoms with Gasteiger partial charge in [-0.05, 0) is 13.0 Å². The molecule has 82 valence electrons. The van der Waals surface area contributed by atoms with Crippen LogP contribution >= 0.6 is 0 Å². The summed E-state index contributed by atoms with van der Waals surface area (Å²) in [5.41, 5.74) is 5.60. The highest BCUT2D eigenvalue weighted by atomic mass is 16.5. The number of morpholine rings is 1. The molecular formula is C10H16N4O. The van der Waals surface area contributed by atoms with Gasteiger partial charge in [-0.15, -0.1) is 0 Å². The van der Waals surface area contributed by atoms with Gasteiger partial charge in [0.15, 0.2) is 0 Å². The van der Waals surface area contributed by atoms with Gasteiger partial charge in [0.25, 0.3) is 0 Å². The first-order chi connectivity index (χ1) is 7.31. The highest BCUT2D eigenvalue weighted by molar-refractivity contribution is 5.38. The predicted molar refractivity (Wildman–Crippen MR) is 57.6 cm³/mol. The Labute approximate surface area is 89.3 Å². The van der Waals surface area contributed by atoms with Crippen molar-refractivity contribution in [3.8, 4) is 0 Å². The molecule has 1 saturated heterocycles. The third kappa shape index (κ3) is 2.24. The highest BCUT2D eigenvalue weighted by Crippen LogP contribution is 2.18. The SMILES string of the molecule is CC1COC(CN)CN1c1ccncn1. The van der Waals surface area contributed by atoms with Gasteiger partial charge in [-0.1, -0.05) is 0 Å². The molecule has 1 fully saturated rings. The molecule has 2 atom stereocenters. The fourth-order valence-corrected chi connectivity index (χ4v) is 1.73. The van der Waals surface area contributed by atoms with E-state index in [9.17, 15) is 0 Å². The molecule has 2 rings (SSSR count). The van der Waals surface area contributed by atoms with E-state index in [1.165, 1.54) is 0 Å². The van der Waals surface area contributed by atoms with Gasteiger partial charge in [0.1, 0.15) is 12.1 Å². The molecule has 2 unspecified atom stereocenters. The second-order valence-corrected chi connectivity index (χ2v) is 3.76. The largest absolute Gasteiger partial charge is 0.373 e. The Kier molecular flexibility index (Phi) is 3.13. The third-order valence-corrected chi connectivity index (χ3v) is 2.63. The first-order valence-electron chi connectivity index (χ1n) is 5.15. The van der Waals surface area contributed by atoms with Crippen molar-refractivity contribution in [3.05, 3.63) is 18.6 Å². The van der Waals surface area contributed by atoms with Crippen LogP contribution < -0.4 is 10.6 Å². The van der Waals surface area contributed by atoms with E-state index < -0.39 is 0 Å². The smallest absolute Gasteiger partial charge is 0.132 e. The monoisotopic (exact) mass is 208 g/mol. The number of hydrogen-bond acceptors (Lipinski definition) is 5. The quantitative estimate of drug-likeness (QED) is 0.742. The summed E-state index contributed by atoms with van der Waals surface area (Å²) in [6, 6.07) is 2.25. The van der Waals surface area contributed by atoms with Crippen molar-refractivity contribution in [1.29, 1.82) is 0 Å². The van der Waals surface area contributed by atoms with Crippen LogP contribution in [0.3, 0.4) is 0 Å². The summed E-state index contributed by atoms with van der Waals surface area (Å²) in [5.74, 6) is 0.944. The zero-order valence-corrected chi connectivity index (χ0v) is 8.84. The van der Waals surface area contributed by atoms with Crippen LogP contribution in [0.25, 0.3) is 0 Å². The lowest BCUT2D eigenvalue weighted by molar-refractivity contribution is 0.0280. The van der Waals surface area contributed by atoms with Gasteiger partial charge in [0, 0.05) is 19.3 Å². The summed E-state index contributed by atoms with van der Waals surface area (Å²) in [5, 5.41) is 0. The maximum atomic E-state index is 5.60. The highest BCUT2D eigenvalue weighted by Gasteiger charge is 2.25. The molecule has 2 N–H and O–H groups in total. The Hall–Kier alpha value is -1.20. The molecule has 0 bridgehead atoms. The Morgan fingerprint density at radius 2 is 2.53 bits per heavy atom. The van der Waals surface area contributed by atoms with Crippen molar-refractivity contribution in [2.75, 3.05) is 24.6 Å². The molecule has 0 saturated carbocycles. The van der Waals surface area contributed by atoms with Crippen LogP contribution in [0.15, 0.2) is 18.6 Å². The standard InChI is InChI=1S/C10H16N4O/c1-8-6-15-9(4-11)5-14(8)10-2-3-12-7-13-10/h2-3,7-9H,4-6,11H2,1H3. The van der Waals surface area contributed by atoms with Gasteiger partial charge in [0.2, 0.25) is 0 Å². The molecule has 0 aromatic carbocycles. The van der Waals surface area contributed by atoms with E-state index >= 15 is 0 Å². The van der Waals surface area contributed by atoms with Gasteiger partial charge < -0.3 is 15.4 Å². The van der Waals surface area contributed by atoms with Gasteiger partial charge >= 0.3 is 0 Å². The number of ether oxygens (including phenoxy) is 1. The van der Waals surface area contributed by atoms with Crippen molar-refractivity contribution < 1.29 is 4.74 Å². The maximum absolute atomic E-state index is 5.60. The molecule has 0 aliphatic carbocycles. The molecule has 15 heavy (non-hydrogen) atoms. The number of nitrogens with two attached hydrogens (primary N) is 1. The number of hydrogen-bond donors (Lipinski definition) is 1. The van der Waals surface area contributed by atoms with Gasteiger partial charge in [-0.3, -0.25) is 0 Å². The number of anilines is 1. The average Bonchev–Trinajstić information content (AvgIpc) is 2.31. The maximum Gasteiger partial charge on any atom is 0.132 e. The summed E-state index contributed by atoms with van der Waals surface area (Å²) in [6.07, 6.45) is 3.42. The van der Waals surface area contributed by atoms with E-state index in [4.69, 9.17) is 10.5 Å². The lowest BCUT2D eigenvalue weighted by atomic mass is 10.2. The predicted octanol–water partition coefficient (Wildman–Crippen LogP) is 0.0290. The van der Waals surface area contributed by atoms with Crippen molar-refractivity contribution in [2.24, 2.45) is 5.73 Å². The number of aromatic nitrogens is 2. The Bertz CT molecular complexity index is 306. The summed E-state index contributed by atoms with van der Waals surface area (Å²) in [6.45, 7) is 4.17. The molecule has 0 radical (unpaired) electrons. The first kappa shape index (κ1) is 10.3. The first-order valence-corrected chi connectivity index (χ1v) is 5.15. The number of rotatable bonds is 2. The second-order valence-electron chi connectivity index (χ2n) is 3.76. The lowest BCUT2D eigenvalue weighted by Crippen LogP contribution is -2.51. The normalized spacial score (nSPS) is 26.7. The fourth-order valence-electron chi connectivity index (χ4n) is 1.73. The minimum atomic E-state index is 0.108. The second kappa shape index (κ2) is 4.55. The van der Waals surface area contributed by atoms with Gasteiger partial charge in [0.05, 0.1) is 18.8 Å². The molecular weight excluding hydrogens is 192 g/mol. The van der Waals surface area contributed by atoms with E-state index in [1.807, 2.05) is 6.07 Å². The molecule has 1 aliphatic rings. The lowest BCUT2D eigenvalue weighted by Gasteiger charge is -2.38. The van der Waals surface area contributed by atoms with Crippen LogP contribution in [0, 0.1) is 0 Å². The van der Waals surface area contributed by atoms with Crippen molar-refractivity contribution in [1.82, 2.24) is 9.97 Å². The van der Waals surface area contributed by atoms with E-state index in [0.29, 0.717) is 19.2 Å². The zero-order chi connectivity index (χ0) is 10.7. The van der Waals surface area contributed by atoms with Crippen LogP contribution in [0.2, 0.25) is 0 Å². The van der Waals surface area contributed by atoms with Crippen LogP contribution in [-0.2, 0) is 4.74 Å². The minimum Gasteiger partial charge on any atom is -0.373 e. The van der Waals surface area contributed by atoms with E-state index in [2.05, 4.69) is 21.8 Å². The molecule has 5 heteroatoms.